The van der Waals surface area contributed by atoms with Crippen LogP contribution >= 0.6 is 0 Å². The molecule has 24 heavy (non-hydrogen) atoms. The lowest BCUT2D eigenvalue weighted by molar-refractivity contribution is -0.285. The van der Waals surface area contributed by atoms with E-state index in [0.717, 1.165) is 4.68 Å². The molecule has 2 rings (SSSR count). The molecule has 0 aliphatic heterocycles. The van der Waals surface area contributed by atoms with Gasteiger partial charge in [-0.3, -0.25) is 4.68 Å². The molecule has 2 aromatic heterocycles. The summed E-state index contributed by atoms with van der Waals surface area (Å²) in [5, 5.41) is 7.29. The molecule has 0 bridgehead atoms. The summed E-state index contributed by atoms with van der Waals surface area (Å²) >= 11 is 0. The zero-order chi connectivity index (χ0) is 18.0. The number of carbonyl (C=O) groups is 1. The predicted octanol–water partition coefficient (Wildman–Crippen LogP) is 3.30. The number of hydrogen-bond donors (Lipinski definition) is 0. The zero-order valence-electron chi connectivity index (χ0n) is 12.3. The molecule has 2 heterocycles. The van der Waals surface area contributed by atoms with Crippen LogP contribution in [0.15, 0.2) is 22.9 Å². The Morgan fingerprint density at radius 2 is 2.04 bits per heavy atom. The van der Waals surface area contributed by atoms with E-state index in [1.54, 1.807) is 6.92 Å². The van der Waals surface area contributed by atoms with Gasteiger partial charge in [0, 0.05) is 25.1 Å². The highest BCUT2D eigenvalue weighted by Crippen LogP contribution is 2.38. The number of aromatic nitrogens is 3. The minimum absolute atomic E-state index is 0.0527. The van der Waals surface area contributed by atoms with E-state index in [2.05, 4.69) is 14.8 Å². The van der Waals surface area contributed by atoms with Gasteiger partial charge in [0.1, 0.15) is 12.0 Å². The SMILES string of the molecule is CCOC(=O)c1cc(-c2ccon2)n(CCC(F)(F)C(F)(F)F)n1. The fourth-order valence-corrected chi connectivity index (χ4v) is 1.83. The molecule has 11 heteroatoms. The Labute approximate surface area is 132 Å². The van der Waals surface area contributed by atoms with E-state index in [1.807, 2.05) is 0 Å². The number of nitrogens with zero attached hydrogens (tertiary/aromatic N) is 3. The molecule has 2 aromatic rings. The smallest absolute Gasteiger partial charge is 0.453 e. The van der Waals surface area contributed by atoms with Gasteiger partial charge in [-0.2, -0.15) is 27.1 Å². The van der Waals surface area contributed by atoms with Gasteiger partial charge >= 0.3 is 18.1 Å². The van der Waals surface area contributed by atoms with E-state index >= 15 is 0 Å². The average Bonchev–Trinajstić information content (AvgIpc) is 3.13. The van der Waals surface area contributed by atoms with Gasteiger partial charge < -0.3 is 9.26 Å². The molecule has 0 saturated carbocycles. The van der Waals surface area contributed by atoms with E-state index in [0.29, 0.717) is 0 Å². The van der Waals surface area contributed by atoms with Gasteiger partial charge in [0.2, 0.25) is 0 Å². The molecule has 0 aliphatic carbocycles. The van der Waals surface area contributed by atoms with Gasteiger partial charge in [-0.05, 0) is 6.92 Å². The first-order valence-corrected chi connectivity index (χ1v) is 6.76. The molecule has 0 spiro atoms. The van der Waals surface area contributed by atoms with Crippen LogP contribution < -0.4 is 0 Å². The summed E-state index contributed by atoms with van der Waals surface area (Å²) in [6.45, 7) is 0.822. The highest BCUT2D eigenvalue weighted by atomic mass is 19.4. The second kappa shape index (κ2) is 6.57. The predicted molar refractivity (Wildman–Crippen MR) is 69.3 cm³/mol. The summed E-state index contributed by atoms with van der Waals surface area (Å²) in [7, 11) is 0. The maximum absolute atomic E-state index is 13.1. The summed E-state index contributed by atoms with van der Waals surface area (Å²) in [6, 6.07) is 2.53. The topological polar surface area (TPSA) is 70.2 Å². The van der Waals surface area contributed by atoms with Gasteiger partial charge in [0.05, 0.1) is 12.3 Å². The van der Waals surface area contributed by atoms with E-state index in [-0.39, 0.29) is 23.7 Å². The minimum atomic E-state index is -5.67. The molecule has 0 fully saturated rings. The van der Waals surface area contributed by atoms with Crippen LogP contribution in [0, 0.1) is 0 Å². The summed E-state index contributed by atoms with van der Waals surface area (Å²) in [4.78, 5) is 11.7. The molecule has 0 amide bonds. The maximum atomic E-state index is 13.1. The van der Waals surface area contributed by atoms with Crippen molar-refractivity contribution in [3.63, 3.8) is 0 Å². The van der Waals surface area contributed by atoms with Crippen LogP contribution in [-0.2, 0) is 11.3 Å². The summed E-state index contributed by atoms with van der Waals surface area (Å²) in [6.07, 6.45) is -6.02. The Kier molecular flexibility index (Phi) is 4.90. The number of esters is 1. The first-order valence-electron chi connectivity index (χ1n) is 6.76. The summed E-state index contributed by atoms with van der Waals surface area (Å²) in [5.74, 6) is -5.71. The van der Waals surface area contributed by atoms with Crippen LogP contribution in [0.2, 0.25) is 0 Å². The molecule has 0 radical (unpaired) electrons. The highest BCUT2D eigenvalue weighted by molar-refractivity contribution is 5.88. The molecule has 0 unspecified atom stereocenters. The van der Waals surface area contributed by atoms with E-state index in [9.17, 15) is 26.7 Å². The average molecular weight is 353 g/mol. The second-order valence-electron chi connectivity index (χ2n) is 4.70. The van der Waals surface area contributed by atoms with Crippen LogP contribution in [0.1, 0.15) is 23.8 Å². The molecule has 0 atom stereocenters. The van der Waals surface area contributed by atoms with Crippen molar-refractivity contribution in [2.45, 2.75) is 32.0 Å². The van der Waals surface area contributed by atoms with E-state index < -0.39 is 31.0 Å². The lowest BCUT2D eigenvalue weighted by atomic mass is 10.2. The molecular formula is C13H12F5N3O3. The van der Waals surface area contributed by atoms with Crippen molar-refractivity contribution < 1.29 is 36.0 Å². The highest BCUT2D eigenvalue weighted by Gasteiger charge is 2.56. The van der Waals surface area contributed by atoms with Crippen molar-refractivity contribution >= 4 is 5.97 Å². The van der Waals surface area contributed by atoms with Crippen LogP contribution in [-0.4, -0.2) is 39.6 Å². The van der Waals surface area contributed by atoms with Gasteiger partial charge in [-0.25, -0.2) is 4.79 Å². The number of carbonyl (C=O) groups excluding carboxylic acids is 1. The third-order valence-corrected chi connectivity index (χ3v) is 3.02. The van der Waals surface area contributed by atoms with E-state index in [4.69, 9.17) is 4.74 Å². The maximum Gasteiger partial charge on any atom is 0.453 e. The molecule has 0 aromatic carbocycles. The molecule has 6 nitrogen and oxygen atoms in total. The van der Waals surface area contributed by atoms with Crippen LogP contribution in [0.3, 0.4) is 0 Å². The molecule has 0 aliphatic rings. The number of halogens is 5. The number of ether oxygens (including phenoxy) is 1. The van der Waals surface area contributed by atoms with Crippen molar-refractivity contribution in [1.82, 2.24) is 14.9 Å². The monoisotopic (exact) mass is 353 g/mol. The fraction of sp³-hybridized carbons (Fsp3) is 0.462. The largest absolute Gasteiger partial charge is 0.461 e. The quantitative estimate of drug-likeness (QED) is 0.589. The zero-order valence-corrected chi connectivity index (χ0v) is 12.3. The lowest BCUT2D eigenvalue weighted by Gasteiger charge is -2.19. The fourth-order valence-electron chi connectivity index (χ4n) is 1.83. The Morgan fingerprint density at radius 3 is 2.58 bits per heavy atom. The van der Waals surface area contributed by atoms with E-state index in [1.165, 1.54) is 18.4 Å². The number of rotatable bonds is 6. The minimum Gasteiger partial charge on any atom is -0.461 e. The summed E-state index contributed by atoms with van der Waals surface area (Å²) < 4.78 is 73.1. The first-order chi connectivity index (χ1) is 11.2. The van der Waals surface area contributed by atoms with Crippen LogP contribution in [0.5, 0.6) is 0 Å². The van der Waals surface area contributed by atoms with Crippen LogP contribution in [0.4, 0.5) is 22.0 Å². The Morgan fingerprint density at radius 1 is 1.33 bits per heavy atom. The van der Waals surface area contributed by atoms with Gasteiger partial charge in [0.15, 0.2) is 5.69 Å². The third kappa shape index (κ3) is 3.71. The normalized spacial score (nSPS) is 12.4. The van der Waals surface area contributed by atoms with Crippen molar-refractivity contribution in [2.75, 3.05) is 6.61 Å². The van der Waals surface area contributed by atoms with Crippen molar-refractivity contribution in [2.24, 2.45) is 0 Å². The van der Waals surface area contributed by atoms with Gasteiger partial charge in [-0.15, -0.1) is 0 Å². The van der Waals surface area contributed by atoms with Gasteiger partial charge in [-0.1, -0.05) is 5.16 Å². The Bertz CT molecular complexity index is 694. The van der Waals surface area contributed by atoms with Gasteiger partial charge in [0.25, 0.3) is 0 Å². The third-order valence-electron chi connectivity index (χ3n) is 3.02. The number of aryl methyl sites for hydroxylation is 1. The molecular weight excluding hydrogens is 341 g/mol. The number of hydrogen-bond acceptors (Lipinski definition) is 5. The molecule has 0 N–H and O–H groups in total. The Hall–Kier alpha value is -2.46. The van der Waals surface area contributed by atoms with Crippen molar-refractivity contribution in [3.05, 3.63) is 24.1 Å². The first kappa shape index (κ1) is 17.9. The lowest BCUT2D eigenvalue weighted by Crippen LogP contribution is -2.37. The van der Waals surface area contributed by atoms with Crippen LogP contribution in [0.25, 0.3) is 11.4 Å². The van der Waals surface area contributed by atoms with Crippen molar-refractivity contribution in [3.8, 4) is 11.4 Å². The number of alkyl halides is 5. The second-order valence-corrected chi connectivity index (χ2v) is 4.70. The van der Waals surface area contributed by atoms with Crippen molar-refractivity contribution in [1.29, 1.82) is 0 Å². The molecule has 0 saturated heterocycles. The standard InChI is InChI=1S/C13H12F5N3O3/c1-2-23-11(22)9-7-10(8-3-6-24-20-8)21(19-9)5-4-12(14,15)13(16,17)18/h3,6-7H,2,4-5H2,1H3. The summed E-state index contributed by atoms with van der Waals surface area (Å²) in [5.41, 5.74) is -0.0386. The Balaban J connectivity index is 2.29. The molecule has 132 valence electrons.